The van der Waals surface area contributed by atoms with E-state index in [0.717, 1.165) is 28.8 Å². The number of carbonyl (C=O) groups is 2. The van der Waals surface area contributed by atoms with Crippen LogP contribution in [0.2, 0.25) is 0 Å². The Morgan fingerprint density at radius 1 is 0.897 bits per heavy atom. The molecule has 0 aromatic heterocycles. The molecule has 3 N–H and O–H groups in total. The summed E-state index contributed by atoms with van der Waals surface area (Å²) < 4.78 is 0. The molecule has 29 heavy (non-hydrogen) atoms. The monoisotopic (exact) mass is 388 g/mol. The zero-order chi connectivity index (χ0) is 20.6. The first-order valence-corrected chi connectivity index (χ1v) is 9.58. The number of aromatic hydroxyl groups is 1. The van der Waals surface area contributed by atoms with E-state index in [1.807, 2.05) is 61.5 Å². The lowest BCUT2D eigenvalue weighted by Gasteiger charge is -2.11. The van der Waals surface area contributed by atoms with Gasteiger partial charge in [-0.05, 0) is 47.7 Å². The Kier molecular flexibility index (Phi) is 6.63. The minimum Gasteiger partial charge on any atom is -0.507 e. The Hall–Kier alpha value is -3.60. The highest BCUT2D eigenvalue weighted by Crippen LogP contribution is 2.20. The summed E-state index contributed by atoms with van der Waals surface area (Å²) in [5.74, 6) is -0.924. The van der Waals surface area contributed by atoms with Crippen molar-refractivity contribution < 1.29 is 14.7 Å². The third-order valence-electron chi connectivity index (χ3n) is 4.64. The highest BCUT2D eigenvalue weighted by atomic mass is 16.3. The number of para-hydroxylation sites is 1. The van der Waals surface area contributed by atoms with E-state index in [1.54, 1.807) is 12.1 Å². The van der Waals surface area contributed by atoms with E-state index in [4.69, 9.17) is 0 Å². The van der Waals surface area contributed by atoms with Gasteiger partial charge in [-0.1, -0.05) is 61.5 Å². The second-order valence-corrected chi connectivity index (χ2v) is 6.76. The molecule has 0 bridgehead atoms. The second-order valence-electron chi connectivity index (χ2n) is 6.76. The first kappa shape index (κ1) is 20.1. The molecule has 0 spiro atoms. The third-order valence-corrected chi connectivity index (χ3v) is 4.64. The number of amides is 2. The number of phenolic OH excluding ortho intramolecular Hbond substituents is 1. The summed E-state index contributed by atoms with van der Waals surface area (Å²) in [5, 5.41) is 15.5. The van der Waals surface area contributed by atoms with Gasteiger partial charge >= 0.3 is 0 Å². The van der Waals surface area contributed by atoms with E-state index in [-0.39, 0.29) is 23.8 Å². The summed E-state index contributed by atoms with van der Waals surface area (Å²) in [6.07, 6.45) is 1.45. The molecule has 0 heterocycles. The summed E-state index contributed by atoms with van der Waals surface area (Å²) in [4.78, 5) is 24.7. The predicted octanol–water partition coefficient (Wildman–Crippen LogP) is 3.91. The van der Waals surface area contributed by atoms with Crippen LogP contribution in [0.5, 0.6) is 5.75 Å². The lowest BCUT2D eigenvalue weighted by molar-refractivity contribution is -0.115. The molecule has 5 nitrogen and oxygen atoms in total. The van der Waals surface area contributed by atoms with Crippen LogP contribution < -0.4 is 10.6 Å². The van der Waals surface area contributed by atoms with E-state index < -0.39 is 5.91 Å². The zero-order valence-electron chi connectivity index (χ0n) is 16.3. The number of phenols is 1. The maximum Gasteiger partial charge on any atom is 0.255 e. The summed E-state index contributed by atoms with van der Waals surface area (Å²) in [6.45, 7) is 1.83. The SMILES string of the molecule is CCc1ccccc1NC(=O)CNC(=O)c1cc(Cc2ccccc2)ccc1O. The zero-order valence-corrected chi connectivity index (χ0v) is 16.3. The lowest BCUT2D eigenvalue weighted by atomic mass is 10.0. The summed E-state index contributed by atoms with van der Waals surface area (Å²) in [7, 11) is 0. The number of rotatable bonds is 7. The number of aryl methyl sites for hydroxylation is 1. The molecule has 0 aliphatic rings. The number of anilines is 1. The van der Waals surface area contributed by atoms with Crippen LogP contribution in [-0.4, -0.2) is 23.5 Å². The standard InChI is InChI=1S/C24H24N2O3/c1-2-19-10-6-7-11-21(19)26-23(28)16-25-24(29)20-15-18(12-13-22(20)27)14-17-8-4-3-5-9-17/h3-13,15,27H,2,14,16H2,1H3,(H,25,29)(H,26,28). The highest BCUT2D eigenvalue weighted by molar-refractivity contribution is 6.01. The van der Waals surface area contributed by atoms with Gasteiger partial charge in [0.15, 0.2) is 0 Å². The average Bonchev–Trinajstić information content (AvgIpc) is 2.74. The Morgan fingerprint density at radius 2 is 1.62 bits per heavy atom. The molecule has 3 rings (SSSR count). The Labute approximate surface area is 170 Å². The van der Waals surface area contributed by atoms with Crippen molar-refractivity contribution in [3.63, 3.8) is 0 Å². The van der Waals surface area contributed by atoms with Crippen LogP contribution >= 0.6 is 0 Å². The molecule has 3 aromatic rings. The Morgan fingerprint density at radius 3 is 2.38 bits per heavy atom. The van der Waals surface area contributed by atoms with E-state index in [0.29, 0.717) is 6.42 Å². The van der Waals surface area contributed by atoms with Crippen LogP contribution in [0, 0.1) is 0 Å². The van der Waals surface area contributed by atoms with Gasteiger partial charge in [-0.3, -0.25) is 9.59 Å². The number of benzene rings is 3. The molecule has 0 atom stereocenters. The van der Waals surface area contributed by atoms with Crippen molar-refractivity contribution in [3.8, 4) is 5.75 Å². The summed E-state index contributed by atoms with van der Waals surface area (Å²) in [5.41, 5.74) is 3.93. The van der Waals surface area contributed by atoms with Crippen molar-refractivity contribution in [2.75, 3.05) is 11.9 Å². The van der Waals surface area contributed by atoms with Gasteiger partial charge in [0.1, 0.15) is 5.75 Å². The highest BCUT2D eigenvalue weighted by Gasteiger charge is 2.14. The molecule has 0 radical (unpaired) electrons. The molecule has 148 valence electrons. The molecule has 0 saturated carbocycles. The van der Waals surface area contributed by atoms with E-state index in [2.05, 4.69) is 10.6 Å². The molecule has 0 fully saturated rings. The van der Waals surface area contributed by atoms with Crippen molar-refractivity contribution in [3.05, 3.63) is 95.1 Å². The number of hydrogen-bond acceptors (Lipinski definition) is 3. The van der Waals surface area contributed by atoms with Gasteiger partial charge in [0.25, 0.3) is 5.91 Å². The molecule has 0 unspecified atom stereocenters. The summed E-state index contributed by atoms with van der Waals surface area (Å²) >= 11 is 0. The molecule has 2 amide bonds. The smallest absolute Gasteiger partial charge is 0.255 e. The van der Waals surface area contributed by atoms with Crippen molar-refractivity contribution in [1.82, 2.24) is 5.32 Å². The second kappa shape index (κ2) is 9.55. The molecule has 5 heteroatoms. The number of nitrogens with one attached hydrogen (secondary N) is 2. The van der Waals surface area contributed by atoms with Gasteiger partial charge in [-0.2, -0.15) is 0 Å². The predicted molar refractivity (Wildman–Crippen MR) is 114 cm³/mol. The van der Waals surface area contributed by atoms with Gasteiger partial charge in [0, 0.05) is 5.69 Å². The van der Waals surface area contributed by atoms with E-state index >= 15 is 0 Å². The maximum absolute atomic E-state index is 12.5. The van der Waals surface area contributed by atoms with Crippen molar-refractivity contribution in [2.24, 2.45) is 0 Å². The molecule has 0 aliphatic heterocycles. The minimum absolute atomic E-state index is 0.115. The largest absolute Gasteiger partial charge is 0.507 e. The quantitative estimate of drug-likeness (QED) is 0.574. The Balaban J connectivity index is 1.62. The molecular formula is C24H24N2O3. The van der Waals surface area contributed by atoms with Gasteiger partial charge in [-0.15, -0.1) is 0 Å². The van der Waals surface area contributed by atoms with Crippen molar-refractivity contribution >= 4 is 17.5 Å². The van der Waals surface area contributed by atoms with Crippen LogP contribution in [0.1, 0.15) is 34.0 Å². The lowest BCUT2D eigenvalue weighted by Crippen LogP contribution is -2.33. The average molecular weight is 388 g/mol. The molecule has 0 aliphatic carbocycles. The molecule has 0 saturated heterocycles. The normalized spacial score (nSPS) is 10.4. The first-order chi connectivity index (χ1) is 14.1. The van der Waals surface area contributed by atoms with Crippen molar-refractivity contribution in [1.29, 1.82) is 0 Å². The van der Waals surface area contributed by atoms with Gasteiger partial charge in [-0.25, -0.2) is 0 Å². The number of carbonyl (C=O) groups excluding carboxylic acids is 2. The van der Waals surface area contributed by atoms with Crippen LogP contribution in [0.25, 0.3) is 0 Å². The van der Waals surface area contributed by atoms with Crippen LogP contribution in [-0.2, 0) is 17.6 Å². The fraction of sp³-hybridized carbons (Fsp3) is 0.167. The minimum atomic E-state index is -0.490. The molecule has 3 aromatic carbocycles. The third kappa shape index (κ3) is 5.45. The summed E-state index contributed by atoms with van der Waals surface area (Å²) in [6, 6.07) is 22.4. The first-order valence-electron chi connectivity index (χ1n) is 9.58. The fourth-order valence-corrected chi connectivity index (χ4v) is 3.11. The van der Waals surface area contributed by atoms with Crippen LogP contribution in [0.15, 0.2) is 72.8 Å². The fourth-order valence-electron chi connectivity index (χ4n) is 3.11. The Bertz CT molecular complexity index is 1000. The van der Waals surface area contributed by atoms with E-state index in [1.165, 1.54) is 6.07 Å². The van der Waals surface area contributed by atoms with Gasteiger partial charge in [0.2, 0.25) is 5.91 Å². The maximum atomic E-state index is 12.5. The van der Waals surface area contributed by atoms with E-state index in [9.17, 15) is 14.7 Å². The van der Waals surface area contributed by atoms with Gasteiger partial charge < -0.3 is 15.7 Å². The topological polar surface area (TPSA) is 78.4 Å². The van der Waals surface area contributed by atoms with Gasteiger partial charge in [0.05, 0.1) is 12.1 Å². The molecular weight excluding hydrogens is 364 g/mol. The van der Waals surface area contributed by atoms with Crippen LogP contribution in [0.4, 0.5) is 5.69 Å². The number of hydrogen-bond donors (Lipinski definition) is 3. The van der Waals surface area contributed by atoms with Crippen LogP contribution in [0.3, 0.4) is 0 Å². The van der Waals surface area contributed by atoms with Crippen molar-refractivity contribution in [2.45, 2.75) is 19.8 Å².